The molecule has 0 radical (unpaired) electrons. The zero-order chi connectivity index (χ0) is 15.5. The minimum atomic E-state index is -3.51. The van der Waals surface area contributed by atoms with E-state index in [0.29, 0.717) is 12.2 Å². The molecule has 1 aromatic rings. The fourth-order valence-corrected chi connectivity index (χ4v) is 3.87. The average molecular weight is 312 g/mol. The molecule has 6 heteroatoms. The van der Waals surface area contributed by atoms with Crippen LogP contribution in [-0.2, 0) is 10.0 Å². The lowest BCUT2D eigenvalue weighted by Crippen LogP contribution is -2.31. The van der Waals surface area contributed by atoms with Gasteiger partial charge in [-0.3, -0.25) is 0 Å². The maximum atomic E-state index is 12.3. The Labute approximate surface area is 126 Å². The lowest BCUT2D eigenvalue weighted by molar-refractivity contribution is 0.253. The van der Waals surface area contributed by atoms with Gasteiger partial charge in [0.2, 0.25) is 10.0 Å². The molecule has 0 saturated heterocycles. The highest BCUT2D eigenvalue weighted by Gasteiger charge is 2.41. The molecule has 0 amide bonds. The van der Waals surface area contributed by atoms with Crippen LogP contribution in [0.5, 0.6) is 0 Å². The van der Waals surface area contributed by atoms with Gasteiger partial charge in [-0.2, -0.15) is 0 Å². The van der Waals surface area contributed by atoms with Crippen molar-refractivity contribution in [2.24, 2.45) is 5.41 Å². The second-order valence-corrected chi connectivity index (χ2v) is 7.78. The Bertz CT molecular complexity index is 580. The van der Waals surface area contributed by atoms with Gasteiger partial charge in [-0.1, -0.05) is 12.1 Å². The molecule has 0 spiro atoms. The summed E-state index contributed by atoms with van der Waals surface area (Å²) in [6, 6.07) is 6.79. The van der Waals surface area contributed by atoms with Crippen LogP contribution in [0.1, 0.15) is 33.1 Å². The van der Waals surface area contributed by atoms with Crippen LogP contribution in [0.2, 0.25) is 0 Å². The summed E-state index contributed by atoms with van der Waals surface area (Å²) in [6.07, 6.45) is 2.93. The molecule has 1 saturated carbocycles. The summed E-state index contributed by atoms with van der Waals surface area (Å²) in [5.74, 6) is 0. The van der Waals surface area contributed by atoms with E-state index in [2.05, 4.69) is 10.0 Å². The van der Waals surface area contributed by atoms with E-state index in [9.17, 15) is 8.42 Å². The molecule has 0 aliphatic heterocycles. The summed E-state index contributed by atoms with van der Waals surface area (Å²) in [6.45, 7) is 4.47. The number of sulfonamides is 1. The van der Waals surface area contributed by atoms with Crippen LogP contribution in [0, 0.1) is 5.41 Å². The van der Waals surface area contributed by atoms with Gasteiger partial charge in [0.15, 0.2) is 0 Å². The highest BCUT2D eigenvalue weighted by Crippen LogP contribution is 2.48. The first-order chi connectivity index (χ1) is 9.88. The van der Waals surface area contributed by atoms with E-state index in [4.69, 9.17) is 5.11 Å². The molecule has 21 heavy (non-hydrogen) atoms. The quantitative estimate of drug-likeness (QED) is 0.685. The van der Waals surface area contributed by atoms with E-state index in [1.165, 1.54) is 0 Å². The number of hydrogen-bond acceptors (Lipinski definition) is 4. The molecule has 118 valence electrons. The molecule has 5 nitrogen and oxygen atoms in total. The van der Waals surface area contributed by atoms with Crippen molar-refractivity contribution in [1.82, 2.24) is 4.72 Å². The molecule has 1 aromatic carbocycles. The van der Waals surface area contributed by atoms with Gasteiger partial charge in [-0.25, -0.2) is 13.1 Å². The van der Waals surface area contributed by atoms with Crippen molar-refractivity contribution in [3.05, 3.63) is 24.3 Å². The second kappa shape index (κ2) is 6.34. The summed E-state index contributed by atoms with van der Waals surface area (Å²) < 4.78 is 27.3. The molecule has 0 bridgehead atoms. The highest BCUT2D eigenvalue weighted by atomic mass is 32.2. The molecule has 2 rings (SSSR count). The number of aliphatic hydroxyl groups excluding tert-OH is 1. The Morgan fingerprint density at radius 1 is 1.29 bits per heavy atom. The average Bonchev–Trinajstić information content (AvgIpc) is 3.16. The van der Waals surface area contributed by atoms with Crippen molar-refractivity contribution < 1.29 is 13.5 Å². The first kappa shape index (κ1) is 16.3. The fourth-order valence-electron chi connectivity index (χ4n) is 2.43. The van der Waals surface area contributed by atoms with Gasteiger partial charge in [0.1, 0.15) is 4.90 Å². The van der Waals surface area contributed by atoms with Gasteiger partial charge in [0.25, 0.3) is 0 Å². The number of rotatable bonds is 8. The molecular formula is C15H24N2O3S. The normalized spacial score (nSPS) is 17.0. The molecular weight excluding hydrogens is 288 g/mol. The second-order valence-electron chi connectivity index (χ2n) is 6.10. The maximum absolute atomic E-state index is 12.3. The van der Waals surface area contributed by atoms with Gasteiger partial charge in [0, 0.05) is 19.2 Å². The van der Waals surface area contributed by atoms with Gasteiger partial charge in [-0.15, -0.1) is 0 Å². The molecule has 0 unspecified atom stereocenters. The van der Waals surface area contributed by atoms with Crippen molar-refractivity contribution in [3.8, 4) is 0 Å². The van der Waals surface area contributed by atoms with Crippen molar-refractivity contribution in [3.63, 3.8) is 0 Å². The van der Waals surface area contributed by atoms with Gasteiger partial charge in [-0.05, 0) is 50.7 Å². The Hall–Kier alpha value is -1.11. The van der Waals surface area contributed by atoms with E-state index in [0.717, 1.165) is 19.3 Å². The summed E-state index contributed by atoms with van der Waals surface area (Å²) in [4.78, 5) is 0.276. The summed E-state index contributed by atoms with van der Waals surface area (Å²) >= 11 is 0. The third-order valence-corrected chi connectivity index (χ3v) is 5.54. The van der Waals surface area contributed by atoms with Crippen LogP contribution >= 0.6 is 0 Å². The molecule has 3 N–H and O–H groups in total. The van der Waals surface area contributed by atoms with Gasteiger partial charge >= 0.3 is 0 Å². The Morgan fingerprint density at radius 2 is 1.95 bits per heavy atom. The molecule has 1 aliphatic carbocycles. The topological polar surface area (TPSA) is 78.4 Å². The Kier molecular flexibility index (Phi) is 4.91. The fraction of sp³-hybridized carbons (Fsp3) is 0.600. The lowest BCUT2D eigenvalue weighted by atomic mass is 10.0. The predicted octanol–water partition coefficient (Wildman–Crippen LogP) is 1.95. The number of para-hydroxylation sites is 1. The van der Waals surface area contributed by atoms with E-state index in [1.54, 1.807) is 32.0 Å². The van der Waals surface area contributed by atoms with E-state index in [1.807, 2.05) is 6.07 Å². The third-order valence-electron chi connectivity index (χ3n) is 3.82. The molecule has 1 fully saturated rings. The van der Waals surface area contributed by atoms with Gasteiger partial charge < -0.3 is 10.4 Å². The molecule has 0 heterocycles. The molecule has 1 aliphatic rings. The van der Waals surface area contributed by atoms with E-state index >= 15 is 0 Å². The number of hydrogen-bond donors (Lipinski definition) is 3. The SMILES string of the molecule is CC(C)NS(=O)(=O)c1ccccc1NCC1(CCO)CC1. The van der Waals surface area contributed by atoms with Crippen molar-refractivity contribution >= 4 is 15.7 Å². The number of anilines is 1. The Morgan fingerprint density at radius 3 is 2.52 bits per heavy atom. The zero-order valence-corrected chi connectivity index (χ0v) is 13.4. The maximum Gasteiger partial charge on any atom is 0.242 e. The highest BCUT2D eigenvalue weighted by molar-refractivity contribution is 7.89. The van der Waals surface area contributed by atoms with E-state index < -0.39 is 10.0 Å². The first-order valence-corrected chi connectivity index (χ1v) is 8.83. The van der Waals surface area contributed by atoms with Gasteiger partial charge in [0.05, 0.1) is 5.69 Å². The van der Waals surface area contributed by atoms with Crippen LogP contribution in [0.25, 0.3) is 0 Å². The molecule has 0 aromatic heterocycles. The largest absolute Gasteiger partial charge is 0.396 e. The Balaban J connectivity index is 2.14. The first-order valence-electron chi connectivity index (χ1n) is 7.35. The summed E-state index contributed by atoms with van der Waals surface area (Å²) in [5.41, 5.74) is 0.756. The van der Waals surface area contributed by atoms with Crippen molar-refractivity contribution in [2.75, 3.05) is 18.5 Å². The molecule has 0 atom stereocenters. The monoisotopic (exact) mass is 312 g/mol. The third kappa shape index (κ3) is 4.18. The lowest BCUT2D eigenvalue weighted by Gasteiger charge is -2.18. The number of benzene rings is 1. The van der Waals surface area contributed by atoms with Crippen LogP contribution in [-0.4, -0.2) is 32.7 Å². The minimum Gasteiger partial charge on any atom is -0.396 e. The van der Waals surface area contributed by atoms with Crippen molar-refractivity contribution in [1.29, 1.82) is 0 Å². The minimum absolute atomic E-state index is 0.136. The van der Waals surface area contributed by atoms with Crippen LogP contribution < -0.4 is 10.0 Å². The smallest absolute Gasteiger partial charge is 0.242 e. The number of aliphatic hydroxyl groups is 1. The van der Waals surface area contributed by atoms with Crippen LogP contribution in [0.4, 0.5) is 5.69 Å². The zero-order valence-electron chi connectivity index (χ0n) is 12.6. The van der Waals surface area contributed by atoms with Crippen LogP contribution in [0.3, 0.4) is 0 Å². The van der Waals surface area contributed by atoms with Crippen molar-refractivity contribution in [2.45, 2.75) is 44.0 Å². The summed E-state index contributed by atoms with van der Waals surface area (Å²) in [7, 11) is -3.51. The standard InChI is InChI=1S/C15H24N2O3S/c1-12(2)17-21(19,20)14-6-4-3-5-13(14)16-11-15(7-8-15)9-10-18/h3-6,12,16-18H,7-11H2,1-2H3. The number of nitrogens with one attached hydrogen (secondary N) is 2. The predicted molar refractivity (Wildman–Crippen MR) is 83.8 cm³/mol. The van der Waals surface area contributed by atoms with E-state index in [-0.39, 0.29) is 23.0 Å². The van der Waals surface area contributed by atoms with Crippen LogP contribution in [0.15, 0.2) is 29.2 Å². The summed E-state index contributed by atoms with van der Waals surface area (Å²) in [5, 5.41) is 12.3.